The van der Waals surface area contributed by atoms with Crippen molar-refractivity contribution in [1.82, 2.24) is 0 Å². The molecule has 2 rings (SSSR count). The quantitative estimate of drug-likeness (QED) is 0.804. The minimum Gasteiger partial charge on any atom is -0.508 e. The smallest absolute Gasteiger partial charge is 0.216 e. The van der Waals surface area contributed by atoms with Crippen LogP contribution in [0.1, 0.15) is 19.4 Å². The van der Waals surface area contributed by atoms with Crippen molar-refractivity contribution >= 4 is 5.90 Å². The second-order valence-electron chi connectivity index (χ2n) is 4.10. The predicted molar refractivity (Wildman–Crippen MR) is 59.2 cm³/mol. The van der Waals surface area contributed by atoms with Crippen LogP contribution in [-0.2, 0) is 4.74 Å². The summed E-state index contributed by atoms with van der Waals surface area (Å²) in [5, 5.41) is 9.16. The third-order valence-corrected chi connectivity index (χ3v) is 2.56. The predicted octanol–water partition coefficient (Wildman–Crippen LogP) is 2.19. The maximum absolute atomic E-state index is 9.16. The van der Waals surface area contributed by atoms with Gasteiger partial charge in [0.05, 0.1) is 6.04 Å². The first-order chi connectivity index (χ1) is 7.16. The highest BCUT2D eigenvalue weighted by Crippen LogP contribution is 2.18. The molecule has 1 N–H and O–H groups in total. The summed E-state index contributed by atoms with van der Waals surface area (Å²) in [6.07, 6.45) is 0. The first kappa shape index (κ1) is 10.0. The van der Waals surface area contributed by atoms with Gasteiger partial charge in [0, 0.05) is 5.56 Å². The van der Waals surface area contributed by atoms with E-state index in [2.05, 4.69) is 18.8 Å². The van der Waals surface area contributed by atoms with Crippen molar-refractivity contribution in [3.63, 3.8) is 0 Å². The number of benzene rings is 1. The topological polar surface area (TPSA) is 41.8 Å². The zero-order valence-corrected chi connectivity index (χ0v) is 8.97. The van der Waals surface area contributed by atoms with Crippen LogP contribution in [0.2, 0.25) is 0 Å². The molecule has 0 fully saturated rings. The summed E-state index contributed by atoms with van der Waals surface area (Å²) >= 11 is 0. The van der Waals surface area contributed by atoms with Crippen molar-refractivity contribution < 1.29 is 9.84 Å². The molecule has 0 spiro atoms. The van der Waals surface area contributed by atoms with Crippen molar-refractivity contribution in [3.05, 3.63) is 29.8 Å². The van der Waals surface area contributed by atoms with Crippen LogP contribution in [-0.4, -0.2) is 23.7 Å². The maximum Gasteiger partial charge on any atom is 0.216 e. The van der Waals surface area contributed by atoms with Gasteiger partial charge in [-0.3, -0.25) is 0 Å². The Balaban J connectivity index is 2.19. The number of phenolic OH excluding ortho intramolecular Hbond substituents is 1. The van der Waals surface area contributed by atoms with E-state index in [9.17, 15) is 0 Å². The fraction of sp³-hybridized carbons (Fsp3) is 0.417. The van der Waals surface area contributed by atoms with Crippen LogP contribution >= 0.6 is 0 Å². The van der Waals surface area contributed by atoms with E-state index in [0.717, 1.165) is 5.56 Å². The molecule has 0 amide bonds. The van der Waals surface area contributed by atoms with Gasteiger partial charge in [0.25, 0.3) is 0 Å². The van der Waals surface area contributed by atoms with Crippen LogP contribution in [0, 0.1) is 5.92 Å². The van der Waals surface area contributed by atoms with E-state index in [1.165, 1.54) is 0 Å². The number of hydrogen-bond acceptors (Lipinski definition) is 3. The lowest BCUT2D eigenvalue weighted by Gasteiger charge is -2.06. The Kier molecular flexibility index (Phi) is 2.62. The lowest BCUT2D eigenvalue weighted by atomic mass is 10.1. The monoisotopic (exact) mass is 205 g/mol. The normalized spacial score (nSPS) is 20.2. The highest BCUT2D eigenvalue weighted by molar-refractivity contribution is 5.95. The average molecular weight is 205 g/mol. The molecule has 1 aliphatic heterocycles. The van der Waals surface area contributed by atoms with Gasteiger partial charge in [-0.15, -0.1) is 0 Å². The molecule has 1 aromatic rings. The zero-order chi connectivity index (χ0) is 10.8. The number of phenols is 1. The summed E-state index contributed by atoms with van der Waals surface area (Å²) in [4.78, 5) is 4.50. The van der Waals surface area contributed by atoms with Gasteiger partial charge < -0.3 is 9.84 Å². The van der Waals surface area contributed by atoms with Crippen molar-refractivity contribution in [2.75, 3.05) is 6.61 Å². The number of hydrogen-bond donors (Lipinski definition) is 1. The molecule has 0 aromatic heterocycles. The highest BCUT2D eigenvalue weighted by Gasteiger charge is 2.22. The molecule has 1 heterocycles. The van der Waals surface area contributed by atoms with E-state index in [0.29, 0.717) is 18.4 Å². The van der Waals surface area contributed by atoms with Crippen LogP contribution < -0.4 is 0 Å². The van der Waals surface area contributed by atoms with Gasteiger partial charge in [0.15, 0.2) is 0 Å². The molecule has 1 aliphatic rings. The van der Waals surface area contributed by atoms with E-state index in [-0.39, 0.29) is 11.8 Å². The Morgan fingerprint density at radius 1 is 1.33 bits per heavy atom. The van der Waals surface area contributed by atoms with Crippen LogP contribution in [0.5, 0.6) is 5.75 Å². The molecule has 1 unspecified atom stereocenters. The SMILES string of the molecule is CC(C)C1COC(c2ccc(O)cc2)=N1. The molecule has 0 saturated heterocycles. The first-order valence-corrected chi connectivity index (χ1v) is 5.17. The third kappa shape index (κ3) is 2.12. The summed E-state index contributed by atoms with van der Waals surface area (Å²) < 4.78 is 5.52. The van der Waals surface area contributed by atoms with Gasteiger partial charge in [-0.25, -0.2) is 4.99 Å². The Hall–Kier alpha value is -1.51. The van der Waals surface area contributed by atoms with Crippen molar-refractivity contribution in [2.45, 2.75) is 19.9 Å². The number of rotatable bonds is 2. The molecule has 3 heteroatoms. The fourth-order valence-corrected chi connectivity index (χ4v) is 1.49. The zero-order valence-electron chi connectivity index (χ0n) is 8.97. The second kappa shape index (κ2) is 3.93. The molecule has 80 valence electrons. The standard InChI is InChI=1S/C12H15NO2/c1-8(2)11-7-15-12(13-11)9-3-5-10(14)6-4-9/h3-6,8,11,14H,7H2,1-2H3. The third-order valence-electron chi connectivity index (χ3n) is 2.56. The molecule has 3 nitrogen and oxygen atoms in total. The largest absolute Gasteiger partial charge is 0.508 e. The van der Waals surface area contributed by atoms with Gasteiger partial charge >= 0.3 is 0 Å². The summed E-state index contributed by atoms with van der Waals surface area (Å²) in [7, 11) is 0. The molecule has 15 heavy (non-hydrogen) atoms. The van der Waals surface area contributed by atoms with Crippen molar-refractivity contribution in [1.29, 1.82) is 0 Å². The van der Waals surface area contributed by atoms with Gasteiger partial charge in [-0.05, 0) is 30.2 Å². The van der Waals surface area contributed by atoms with E-state index in [1.807, 2.05) is 12.1 Å². The van der Waals surface area contributed by atoms with Gasteiger partial charge in [0.2, 0.25) is 5.90 Å². The number of aromatic hydroxyl groups is 1. The fourth-order valence-electron chi connectivity index (χ4n) is 1.49. The lowest BCUT2D eigenvalue weighted by Crippen LogP contribution is -2.13. The Morgan fingerprint density at radius 2 is 2.00 bits per heavy atom. The second-order valence-corrected chi connectivity index (χ2v) is 4.10. The van der Waals surface area contributed by atoms with Gasteiger partial charge in [-0.2, -0.15) is 0 Å². The molecule has 1 aromatic carbocycles. The Labute approximate surface area is 89.4 Å². The van der Waals surface area contributed by atoms with Crippen LogP contribution in [0.4, 0.5) is 0 Å². The first-order valence-electron chi connectivity index (χ1n) is 5.17. The molecule has 0 saturated carbocycles. The highest BCUT2D eigenvalue weighted by atomic mass is 16.5. The summed E-state index contributed by atoms with van der Waals surface area (Å²) in [5.41, 5.74) is 0.927. The van der Waals surface area contributed by atoms with Gasteiger partial charge in [-0.1, -0.05) is 13.8 Å². The van der Waals surface area contributed by atoms with Crippen LogP contribution in [0.25, 0.3) is 0 Å². The van der Waals surface area contributed by atoms with E-state index >= 15 is 0 Å². The summed E-state index contributed by atoms with van der Waals surface area (Å²) in [6.45, 7) is 4.93. The Morgan fingerprint density at radius 3 is 2.53 bits per heavy atom. The average Bonchev–Trinajstić information content (AvgIpc) is 2.68. The summed E-state index contributed by atoms with van der Waals surface area (Å²) in [5.74, 6) is 1.45. The maximum atomic E-state index is 9.16. The molecule has 1 atom stereocenters. The van der Waals surface area contributed by atoms with Crippen LogP contribution in [0.3, 0.4) is 0 Å². The number of ether oxygens (including phenoxy) is 1. The molecular weight excluding hydrogens is 190 g/mol. The minimum atomic E-state index is 0.258. The molecule has 0 radical (unpaired) electrons. The Bertz CT molecular complexity index is 368. The lowest BCUT2D eigenvalue weighted by molar-refractivity contribution is 0.292. The minimum absolute atomic E-state index is 0.258. The number of nitrogens with zero attached hydrogens (tertiary/aromatic N) is 1. The molecule has 0 aliphatic carbocycles. The van der Waals surface area contributed by atoms with Crippen LogP contribution in [0.15, 0.2) is 29.3 Å². The number of aliphatic imine (C=N–C) groups is 1. The summed E-state index contributed by atoms with van der Waals surface area (Å²) in [6, 6.07) is 7.18. The van der Waals surface area contributed by atoms with Crippen molar-refractivity contribution in [3.8, 4) is 5.75 Å². The molecular formula is C12H15NO2. The van der Waals surface area contributed by atoms with E-state index < -0.39 is 0 Å². The van der Waals surface area contributed by atoms with E-state index in [4.69, 9.17) is 9.84 Å². The van der Waals surface area contributed by atoms with E-state index in [1.54, 1.807) is 12.1 Å². The van der Waals surface area contributed by atoms with Gasteiger partial charge in [0.1, 0.15) is 12.4 Å². The van der Waals surface area contributed by atoms with Crippen molar-refractivity contribution in [2.24, 2.45) is 10.9 Å². The molecule has 0 bridgehead atoms.